The van der Waals surface area contributed by atoms with E-state index in [4.69, 9.17) is 43.1 Å². The van der Waals surface area contributed by atoms with Gasteiger partial charge in [0.05, 0.1) is 30.9 Å². The van der Waals surface area contributed by atoms with Crippen molar-refractivity contribution in [3.05, 3.63) is 326 Å². The Bertz CT molecular complexity index is 5400. The molecule has 0 bridgehead atoms. The fraction of sp³-hybridized carbons (Fsp3) is 0.188. The molecule has 4 heterocycles. The standard InChI is InChI=1S/2C21H20N.C20H15N.C20H14N.2C5H8O2.CHF3O3S.CH2O3.2CH4O.2Ir.2Na.H/c2*1-21(2,3)19-12-13-22-20(15-19)18-11-7-10-17(14-18)16-8-5-4-6-9-16;2*1-14-5-4-7-16(13-14)20-19-10-9-15-6-2-3-8-17(15)18(19)11-12-21-20;2*1-4(6)3-5(2)7;2-1(3,4)8(5,6)7;2-1-4-3;2*1-2;;;;;/h2*4-10,12-15H,1-3H3;2-13H,1H3;2-6,8-13H,1H3;3H2,1-2H3;3,6H,1-2H3;(H,5,6,7);1,3H;2*2H,1H3;;;;;/q2*-1;;-1;;;;;;;2*-3;2*+1;-1/p+1. The molecular formula is C96H98F3Ir2N4Na2O12S-7. The number of pyridine rings is 4. The average Bonchev–Trinajstić information content (AvgIpc) is 0.775. The number of halogens is 3. The van der Waals surface area contributed by atoms with E-state index in [-0.39, 0.29) is 148 Å². The third-order valence-electron chi connectivity index (χ3n) is 16.7. The van der Waals surface area contributed by atoms with Gasteiger partial charge >= 0.3 is 70.4 Å². The summed E-state index contributed by atoms with van der Waals surface area (Å²) in [6, 6.07) is 96.2. The largest absolute Gasteiger partial charge is 3.00 e. The number of rotatable bonds is 10. The number of hydrogen-bond donors (Lipinski definition) is 1. The second-order valence-electron chi connectivity index (χ2n) is 27.9. The third kappa shape index (κ3) is 35.4. The first-order chi connectivity index (χ1) is 55.1. The van der Waals surface area contributed by atoms with E-state index < -0.39 is 15.6 Å². The number of aliphatic hydroxyl groups excluding tert-OH is 1. The zero-order chi connectivity index (χ0) is 85.8. The Morgan fingerprint density at radius 1 is 0.475 bits per heavy atom. The number of hydrogen-bond acceptors (Lipinski definition) is 13. The van der Waals surface area contributed by atoms with Gasteiger partial charge in [-0.2, -0.15) is 13.2 Å². The van der Waals surface area contributed by atoms with Crippen molar-refractivity contribution in [2.24, 2.45) is 0 Å². The van der Waals surface area contributed by atoms with Crippen LogP contribution in [-0.4, -0.2) is 96.6 Å². The van der Waals surface area contributed by atoms with Crippen LogP contribution in [0.1, 0.15) is 99.3 Å². The number of aliphatic hydroxyl groups is 1. The minimum Gasteiger partial charge on any atom is -3.00 e. The van der Waals surface area contributed by atoms with Crippen LogP contribution in [-0.2, 0) is 80.4 Å². The second-order valence-corrected chi connectivity index (χ2v) is 29.3. The minimum atomic E-state index is -6.09. The van der Waals surface area contributed by atoms with Crippen LogP contribution in [0.2, 0.25) is 0 Å². The van der Waals surface area contributed by atoms with Gasteiger partial charge in [0.2, 0.25) is 0 Å². The first-order valence-corrected chi connectivity index (χ1v) is 37.9. The predicted molar refractivity (Wildman–Crippen MR) is 461 cm³/mol. The van der Waals surface area contributed by atoms with E-state index in [1.165, 1.54) is 141 Å². The van der Waals surface area contributed by atoms with Gasteiger partial charge in [-0.05, 0) is 146 Å². The number of alkyl halides is 3. The molecule has 0 unspecified atom stereocenters. The summed E-state index contributed by atoms with van der Waals surface area (Å²) >= 11 is 0. The van der Waals surface area contributed by atoms with Gasteiger partial charge in [0, 0.05) is 35.7 Å². The molecule has 6 N–H and O–H groups in total. The van der Waals surface area contributed by atoms with Crippen molar-refractivity contribution in [2.45, 2.75) is 106 Å². The summed E-state index contributed by atoms with van der Waals surface area (Å²) in [6.45, 7) is 23.1. The topological polar surface area (TPSA) is 280 Å². The third-order valence-corrected chi connectivity index (χ3v) is 17.3. The summed E-state index contributed by atoms with van der Waals surface area (Å²) in [7, 11) is -3.59. The summed E-state index contributed by atoms with van der Waals surface area (Å²) in [4.78, 5) is 58.0. The van der Waals surface area contributed by atoms with Crippen molar-refractivity contribution < 1.29 is 172 Å². The number of aromatic nitrogens is 4. The molecule has 10 aromatic carbocycles. The maximum Gasteiger partial charge on any atom is 1.00 e. The van der Waals surface area contributed by atoms with Crippen molar-refractivity contribution >= 4 is 77.0 Å². The van der Waals surface area contributed by atoms with Gasteiger partial charge in [0.15, 0.2) is 10.1 Å². The molecule has 0 radical (unpaired) electrons. The summed E-state index contributed by atoms with van der Waals surface area (Å²) in [5.74, 6) is 0.125. The molecule has 0 saturated carbocycles. The molecule has 24 heteroatoms. The molecule has 0 aliphatic heterocycles. The van der Waals surface area contributed by atoms with Crippen LogP contribution in [0, 0.1) is 32.0 Å². The van der Waals surface area contributed by atoms with E-state index in [1.54, 1.807) is 0 Å². The number of carbonyl (C=O) groups is 3. The van der Waals surface area contributed by atoms with Crippen molar-refractivity contribution in [1.82, 2.24) is 19.9 Å². The summed E-state index contributed by atoms with van der Waals surface area (Å²) < 4.78 is 58.9. The normalized spacial score (nSPS) is 10.4. The van der Waals surface area contributed by atoms with Gasteiger partial charge in [-0.3, -0.25) is 24.2 Å². The molecule has 0 aliphatic rings. The van der Waals surface area contributed by atoms with E-state index in [2.05, 4.69) is 317 Å². The van der Waals surface area contributed by atoms with Crippen LogP contribution in [0.15, 0.2) is 285 Å². The Morgan fingerprint density at radius 2 is 0.842 bits per heavy atom. The maximum atomic E-state index is 10.7. The van der Waals surface area contributed by atoms with E-state index in [9.17, 15) is 22.8 Å². The summed E-state index contributed by atoms with van der Waals surface area (Å²) in [5, 5.41) is 38.3. The van der Waals surface area contributed by atoms with Crippen molar-refractivity contribution in [3.8, 4) is 67.3 Å². The van der Waals surface area contributed by atoms with Gasteiger partial charge in [-0.1, -0.05) is 218 Å². The molecule has 0 fully saturated rings. The number of nitrogens with zero attached hydrogens (tertiary/aromatic N) is 4. The first kappa shape index (κ1) is 109. The number of ketones is 3. The number of allylic oxidation sites excluding steroid dienone is 2. The van der Waals surface area contributed by atoms with Crippen LogP contribution < -0.4 is 64.4 Å². The Morgan fingerprint density at radius 3 is 1.20 bits per heavy atom. The molecule has 4 aromatic heterocycles. The molecule has 120 heavy (non-hydrogen) atoms. The number of aryl methyl sites for hydroxylation is 2. The van der Waals surface area contributed by atoms with Crippen LogP contribution in [0.5, 0.6) is 0 Å². The molecule has 16 nitrogen and oxygen atoms in total. The zero-order valence-corrected chi connectivity index (χ0v) is 79.6. The van der Waals surface area contributed by atoms with Gasteiger partial charge in [0.1, 0.15) is 25.8 Å². The van der Waals surface area contributed by atoms with Crippen molar-refractivity contribution in [3.63, 3.8) is 0 Å². The van der Waals surface area contributed by atoms with Crippen LogP contribution in [0.3, 0.4) is 0 Å². The Labute approximate surface area is 774 Å². The molecule has 0 aliphatic carbocycles. The fourth-order valence-electron chi connectivity index (χ4n) is 11.4. The molecule has 628 valence electrons. The fourth-order valence-corrected chi connectivity index (χ4v) is 11.4. The smallest absolute Gasteiger partial charge is 1.00 e. The Hall–Kier alpha value is -9.26. The SMILES string of the molecule is CC(=O)CC(C)=O.CC(=[OH+])C=C(C)O.CC(C)(C)c1ccnc(-c2[c-]ccc(-c3ccccc3)c2)c1.CC(C)(C)c1ccnc(-c2[c-]ccc(-c3ccccc3)c2)c1.C[OH2+].C[OH2+].Cc1cc[c-]c(-c2nccc3c2ccc2ccccc23)c1.Cc1cccc(-c2nccc3c2ccc2ccccc23)c1.O=CO[O-].O=S(=O)([O-])C(F)(F)F.[H-].[Ir-3].[Ir-3].[Na+].[Na+]. The van der Waals surface area contributed by atoms with Crippen LogP contribution in [0.25, 0.3) is 110 Å². The predicted octanol–water partition coefficient (Wildman–Crippen LogP) is 14.4. The molecule has 0 atom stereocenters. The molecule has 0 saturated heterocycles. The van der Waals surface area contributed by atoms with E-state index in [0.717, 1.165) is 39.5 Å². The second kappa shape index (κ2) is 54.2. The van der Waals surface area contributed by atoms with E-state index in [0.29, 0.717) is 0 Å². The van der Waals surface area contributed by atoms with Gasteiger partial charge in [-0.15, -0.1) is 106 Å². The zero-order valence-electron chi connectivity index (χ0n) is 71.0. The molecular weight excluding hydrogens is 1920 g/mol. The van der Waals surface area contributed by atoms with Crippen molar-refractivity contribution in [1.29, 1.82) is 0 Å². The number of fused-ring (bicyclic) bond motifs is 6. The summed E-state index contributed by atoms with van der Waals surface area (Å²) in [6.07, 6.45) is 8.94. The van der Waals surface area contributed by atoms with Gasteiger partial charge in [-0.25, -0.2) is 8.42 Å². The van der Waals surface area contributed by atoms with E-state index >= 15 is 0 Å². The van der Waals surface area contributed by atoms with Crippen LogP contribution >= 0.6 is 0 Å². The minimum absolute atomic E-state index is 0. The van der Waals surface area contributed by atoms with Crippen LogP contribution in [0.4, 0.5) is 13.2 Å². The Kier molecular flexibility index (Phi) is 49.1. The number of Topliss-reactive ketones (excluding diaryl/α,β-unsaturated/α-hetero) is 2. The number of benzene rings is 10. The monoisotopic (exact) mass is 2020 g/mol. The maximum absolute atomic E-state index is 10.7. The molecule has 0 spiro atoms. The summed E-state index contributed by atoms with van der Waals surface area (Å²) in [5.41, 5.74) is 12.8. The van der Waals surface area contributed by atoms with Gasteiger partial charge < -0.3 is 86.6 Å². The van der Waals surface area contributed by atoms with E-state index in [1.807, 2.05) is 55.1 Å². The molecule has 0 amide bonds. The van der Waals surface area contributed by atoms with Crippen molar-refractivity contribution in [2.75, 3.05) is 14.2 Å². The molecule has 14 aromatic rings. The quantitative estimate of drug-likeness (QED) is 0.0108. The van der Waals surface area contributed by atoms with Gasteiger partial charge in [0.25, 0.3) is 6.47 Å². The average molecular weight is 2020 g/mol. The first-order valence-electron chi connectivity index (χ1n) is 36.5. The Balaban J connectivity index is 0.00000141. The number of carbonyl (C=O) groups excluding carboxylic acids is 4. The molecule has 14 rings (SSSR count).